The van der Waals surface area contributed by atoms with Gasteiger partial charge in [-0.25, -0.2) is 0 Å². The van der Waals surface area contributed by atoms with Crippen LogP contribution in [0.4, 0.5) is 0 Å². The summed E-state index contributed by atoms with van der Waals surface area (Å²) in [6.07, 6.45) is -9.69. The van der Waals surface area contributed by atoms with Crippen LogP contribution < -0.4 is 0 Å². The molecule has 7 N–H and O–H groups in total. The van der Waals surface area contributed by atoms with Gasteiger partial charge in [0.05, 0.1) is 19.3 Å². The van der Waals surface area contributed by atoms with E-state index < -0.39 is 80.7 Å². The van der Waals surface area contributed by atoms with Gasteiger partial charge in [-0.2, -0.15) is 0 Å². The van der Waals surface area contributed by atoms with E-state index in [1.807, 2.05) is 0 Å². The summed E-state index contributed by atoms with van der Waals surface area (Å²) in [6.45, 7) is 4.76. The van der Waals surface area contributed by atoms with Crippen molar-refractivity contribution in [3.8, 4) is 0 Å². The van der Waals surface area contributed by atoms with Crippen LogP contribution in [0.2, 0.25) is 0 Å². The number of aliphatic hydroxyl groups excluding tert-OH is 7. The predicted octanol–water partition coefficient (Wildman–Crippen LogP) is -2.24. The van der Waals surface area contributed by atoms with Crippen LogP contribution in [0.5, 0.6) is 0 Å². The molecule has 0 saturated carbocycles. The molecule has 11 heteroatoms. The van der Waals surface area contributed by atoms with Crippen molar-refractivity contribution in [3.05, 3.63) is 12.7 Å². The molecule has 0 aliphatic carbocycles. The highest BCUT2D eigenvalue weighted by molar-refractivity contribution is 4.92. The van der Waals surface area contributed by atoms with Crippen LogP contribution in [0.15, 0.2) is 12.7 Å². The maximum absolute atomic E-state index is 10.3. The minimum Gasteiger partial charge on any atom is -0.394 e. The zero-order valence-corrected chi connectivity index (χ0v) is 17.6. The Kier molecular flexibility index (Phi) is 10.7. The summed E-state index contributed by atoms with van der Waals surface area (Å²) in [5, 5.41) is 69.6. The van der Waals surface area contributed by atoms with Crippen LogP contribution in [0.1, 0.15) is 32.6 Å². The fourth-order valence-corrected chi connectivity index (χ4v) is 3.57. The van der Waals surface area contributed by atoms with Crippen LogP contribution in [-0.2, 0) is 18.9 Å². The van der Waals surface area contributed by atoms with E-state index in [4.69, 9.17) is 18.9 Å². The zero-order chi connectivity index (χ0) is 23.1. The van der Waals surface area contributed by atoms with E-state index >= 15 is 0 Å². The highest BCUT2D eigenvalue weighted by atomic mass is 16.7. The Labute approximate surface area is 181 Å². The molecule has 5 unspecified atom stereocenters. The molecule has 182 valence electrons. The van der Waals surface area contributed by atoms with E-state index in [1.54, 1.807) is 6.08 Å². The van der Waals surface area contributed by atoms with Crippen LogP contribution in [0.3, 0.4) is 0 Å². The second-order valence-electron chi connectivity index (χ2n) is 7.95. The fourth-order valence-electron chi connectivity index (χ4n) is 3.57. The average Bonchev–Trinajstić information content (AvgIpc) is 2.77. The Bertz CT molecular complexity index is 533. The highest BCUT2D eigenvalue weighted by Crippen LogP contribution is 2.27. The van der Waals surface area contributed by atoms with Crippen molar-refractivity contribution in [1.29, 1.82) is 0 Å². The first-order chi connectivity index (χ1) is 14.7. The van der Waals surface area contributed by atoms with E-state index in [-0.39, 0.29) is 0 Å². The van der Waals surface area contributed by atoms with Crippen molar-refractivity contribution < 1.29 is 54.7 Å². The third-order valence-electron chi connectivity index (χ3n) is 5.61. The van der Waals surface area contributed by atoms with Crippen molar-refractivity contribution in [2.75, 3.05) is 13.2 Å². The predicted molar refractivity (Wildman–Crippen MR) is 106 cm³/mol. The van der Waals surface area contributed by atoms with Crippen molar-refractivity contribution in [2.45, 2.75) is 100 Å². The van der Waals surface area contributed by atoms with Crippen molar-refractivity contribution >= 4 is 0 Å². The molecule has 2 fully saturated rings. The largest absolute Gasteiger partial charge is 0.394 e. The molecule has 0 aromatic carbocycles. The third kappa shape index (κ3) is 6.65. The van der Waals surface area contributed by atoms with Crippen LogP contribution in [-0.4, -0.2) is 116 Å². The minimum atomic E-state index is -1.62. The maximum Gasteiger partial charge on any atom is 0.187 e. The molecule has 0 amide bonds. The monoisotopic (exact) mass is 452 g/mol. The van der Waals surface area contributed by atoms with Crippen molar-refractivity contribution in [1.82, 2.24) is 0 Å². The van der Waals surface area contributed by atoms with Crippen LogP contribution >= 0.6 is 0 Å². The van der Waals surface area contributed by atoms with Gasteiger partial charge in [-0.15, -0.1) is 6.58 Å². The van der Waals surface area contributed by atoms with Gasteiger partial charge < -0.3 is 54.7 Å². The van der Waals surface area contributed by atoms with Gasteiger partial charge in [0.25, 0.3) is 0 Å². The van der Waals surface area contributed by atoms with Gasteiger partial charge in [0.2, 0.25) is 0 Å². The maximum atomic E-state index is 10.3. The Hall–Kier alpha value is -0.700. The van der Waals surface area contributed by atoms with Crippen LogP contribution in [0, 0.1) is 0 Å². The lowest BCUT2D eigenvalue weighted by Crippen LogP contribution is -2.62. The molecule has 0 bridgehead atoms. The van der Waals surface area contributed by atoms with E-state index in [2.05, 4.69) is 13.5 Å². The number of ether oxygens (including phenoxy) is 4. The first kappa shape index (κ1) is 26.6. The lowest BCUT2D eigenvalue weighted by molar-refractivity contribution is -0.334. The summed E-state index contributed by atoms with van der Waals surface area (Å²) in [6, 6.07) is 0. The zero-order valence-electron chi connectivity index (χ0n) is 17.6. The van der Waals surface area contributed by atoms with Crippen molar-refractivity contribution in [3.63, 3.8) is 0 Å². The second-order valence-corrected chi connectivity index (χ2v) is 7.95. The Morgan fingerprint density at radius 1 is 0.839 bits per heavy atom. The van der Waals surface area contributed by atoms with E-state index in [1.165, 1.54) is 0 Å². The Balaban J connectivity index is 1.97. The number of hydrogen-bond acceptors (Lipinski definition) is 11. The SMILES string of the molecule is C=CC(CCCCC)O[C@H]1OC(CO[C@H]2OC(CO)[C@@H](O)C(O)[C@@H]2O)[C@@H](O)C(O)[C@@H]1O. The van der Waals surface area contributed by atoms with E-state index in [0.29, 0.717) is 6.42 Å². The highest BCUT2D eigenvalue weighted by Gasteiger charge is 2.47. The molecule has 31 heavy (non-hydrogen) atoms. The van der Waals surface area contributed by atoms with Gasteiger partial charge in [-0.1, -0.05) is 32.3 Å². The molecule has 0 spiro atoms. The molecule has 11 atom stereocenters. The first-order valence-corrected chi connectivity index (χ1v) is 10.6. The molecule has 2 saturated heterocycles. The lowest BCUT2D eigenvalue weighted by Gasteiger charge is -2.43. The molecule has 0 radical (unpaired) electrons. The summed E-state index contributed by atoms with van der Waals surface area (Å²) >= 11 is 0. The molecule has 2 aliphatic heterocycles. The number of hydrogen-bond donors (Lipinski definition) is 7. The molecule has 2 aliphatic rings. The standard InChI is InChI=1S/C20H36O11/c1-3-5-6-7-10(4-2)29-20-18(27)16(25)14(23)12(31-20)9-28-19-17(26)15(24)13(22)11(8-21)30-19/h4,10-27H,2-3,5-9H2,1H3/t10?,11?,12?,13-,14-,15?,16?,17+,18+,19+,20+/m1/s1. The Morgan fingerprint density at radius 3 is 2.00 bits per heavy atom. The number of unbranched alkanes of at least 4 members (excludes halogenated alkanes) is 2. The van der Waals surface area contributed by atoms with Gasteiger partial charge in [0.15, 0.2) is 12.6 Å². The van der Waals surface area contributed by atoms with Crippen molar-refractivity contribution in [2.24, 2.45) is 0 Å². The summed E-state index contributed by atoms with van der Waals surface area (Å²) in [5.74, 6) is 0. The smallest absolute Gasteiger partial charge is 0.187 e. The van der Waals surface area contributed by atoms with Gasteiger partial charge in [0, 0.05) is 0 Å². The summed E-state index contributed by atoms with van der Waals surface area (Å²) in [4.78, 5) is 0. The van der Waals surface area contributed by atoms with Gasteiger partial charge >= 0.3 is 0 Å². The van der Waals surface area contributed by atoms with E-state index in [0.717, 1.165) is 19.3 Å². The number of aliphatic hydroxyl groups is 7. The quantitative estimate of drug-likeness (QED) is 0.133. The molecule has 0 aromatic rings. The average molecular weight is 452 g/mol. The summed E-state index contributed by atoms with van der Waals surface area (Å²) < 4.78 is 22.0. The molecular formula is C20H36O11. The summed E-state index contributed by atoms with van der Waals surface area (Å²) in [7, 11) is 0. The van der Waals surface area contributed by atoms with Gasteiger partial charge in [-0.05, 0) is 6.42 Å². The van der Waals surface area contributed by atoms with Gasteiger partial charge in [0.1, 0.15) is 48.8 Å². The normalized spacial score (nSPS) is 42.3. The van der Waals surface area contributed by atoms with E-state index in [9.17, 15) is 35.7 Å². The molecular weight excluding hydrogens is 416 g/mol. The Morgan fingerprint density at radius 2 is 1.42 bits per heavy atom. The molecule has 2 rings (SSSR count). The summed E-state index contributed by atoms with van der Waals surface area (Å²) in [5.41, 5.74) is 0. The molecule has 11 nitrogen and oxygen atoms in total. The second kappa shape index (κ2) is 12.5. The molecule has 0 aromatic heterocycles. The molecule has 2 heterocycles. The van der Waals surface area contributed by atoms with Crippen LogP contribution in [0.25, 0.3) is 0 Å². The minimum absolute atomic E-state index is 0.401. The number of rotatable bonds is 11. The first-order valence-electron chi connectivity index (χ1n) is 10.6. The lowest BCUT2D eigenvalue weighted by atomic mass is 9.98. The topological polar surface area (TPSA) is 179 Å². The van der Waals surface area contributed by atoms with Gasteiger partial charge in [-0.3, -0.25) is 0 Å². The fraction of sp³-hybridized carbons (Fsp3) is 0.900. The third-order valence-corrected chi connectivity index (χ3v) is 5.61.